The van der Waals surface area contributed by atoms with Gasteiger partial charge in [-0.25, -0.2) is 4.98 Å². The lowest BCUT2D eigenvalue weighted by molar-refractivity contribution is 0.575. The maximum absolute atomic E-state index is 12.9. The minimum absolute atomic E-state index is 0.314. The second kappa shape index (κ2) is 7.84. The Hall–Kier alpha value is -3.58. The number of nitrogens with one attached hydrogen (secondary N) is 1. The first-order valence-corrected chi connectivity index (χ1v) is 10.8. The molecule has 0 unspecified atom stereocenters. The number of rotatable bonds is 5. The minimum Gasteiger partial charge on any atom is -0.461 e. The van der Waals surface area contributed by atoms with Crippen LogP contribution in [0.3, 0.4) is 0 Å². The fourth-order valence-electron chi connectivity index (χ4n) is 3.90. The molecule has 0 saturated carbocycles. The number of furan rings is 1. The molecule has 0 spiro atoms. The van der Waals surface area contributed by atoms with Gasteiger partial charge in [-0.3, -0.25) is 9.36 Å². The summed E-state index contributed by atoms with van der Waals surface area (Å²) in [4.78, 5) is 21.8. The standard InChI is InChI=1S/C24H22ClN5O2/c1-4-29-13-26-22-21(29)23(31)28-24(30(22)12-16-5-7-17(25)8-6-16)27-18-9-10-20-19(11-18)14(2)15(3)32-20/h5-11,13H,4,12H2,1-3H3,(H,27,28,31). The van der Waals surface area contributed by atoms with Crippen LogP contribution in [0.2, 0.25) is 5.02 Å². The van der Waals surface area contributed by atoms with Crippen LogP contribution in [-0.2, 0) is 13.1 Å². The van der Waals surface area contributed by atoms with Crippen LogP contribution in [0.4, 0.5) is 11.6 Å². The molecule has 0 aliphatic carbocycles. The summed E-state index contributed by atoms with van der Waals surface area (Å²) in [6.07, 6.45) is 1.68. The van der Waals surface area contributed by atoms with E-state index in [0.717, 1.165) is 33.5 Å². The lowest BCUT2D eigenvalue weighted by atomic mass is 10.1. The van der Waals surface area contributed by atoms with Crippen molar-refractivity contribution < 1.29 is 4.42 Å². The second-order valence-corrected chi connectivity index (χ2v) is 8.21. The van der Waals surface area contributed by atoms with Gasteiger partial charge in [0.15, 0.2) is 11.2 Å². The maximum atomic E-state index is 12.9. The molecule has 162 valence electrons. The SMILES string of the molecule is CCn1cnc2c1c(=O)nc(Nc1ccc3oc(C)c(C)c3c1)n2Cc1ccc(Cl)cc1. The highest BCUT2D eigenvalue weighted by Gasteiger charge is 2.17. The summed E-state index contributed by atoms with van der Waals surface area (Å²) in [5, 5.41) is 5.02. The molecule has 0 saturated heterocycles. The van der Waals surface area contributed by atoms with Gasteiger partial charge in [0.05, 0.1) is 12.9 Å². The fraction of sp³-hybridized carbons (Fsp3) is 0.208. The highest BCUT2D eigenvalue weighted by molar-refractivity contribution is 6.30. The van der Waals surface area contributed by atoms with Crippen LogP contribution < -0.4 is 10.9 Å². The average Bonchev–Trinajstić information content (AvgIpc) is 3.34. The zero-order valence-electron chi connectivity index (χ0n) is 18.0. The van der Waals surface area contributed by atoms with E-state index in [1.165, 1.54) is 0 Å². The zero-order valence-corrected chi connectivity index (χ0v) is 18.8. The molecule has 0 amide bonds. The summed E-state index contributed by atoms with van der Waals surface area (Å²) in [7, 11) is 0. The Kier molecular flexibility index (Phi) is 4.98. The molecule has 0 atom stereocenters. The molecule has 3 aromatic heterocycles. The Bertz CT molecular complexity index is 1510. The summed E-state index contributed by atoms with van der Waals surface area (Å²) < 4.78 is 9.52. The molecule has 32 heavy (non-hydrogen) atoms. The number of hydrogen-bond donors (Lipinski definition) is 1. The summed E-state index contributed by atoms with van der Waals surface area (Å²) in [5.74, 6) is 1.32. The number of aryl methyl sites for hydroxylation is 3. The number of benzene rings is 2. The van der Waals surface area contributed by atoms with Crippen LogP contribution >= 0.6 is 11.6 Å². The van der Waals surface area contributed by atoms with Crippen molar-refractivity contribution in [1.29, 1.82) is 0 Å². The lowest BCUT2D eigenvalue weighted by Crippen LogP contribution is -2.20. The van der Waals surface area contributed by atoms with Crippen LogP contribution in [0.15, 0.2) is 58.0 Å². The van der Waals surface area contributed by atoms with E-state index in [2.05, 4.69) is 15.3 Å². The molecule has 2 aromatic carbocycles. The fourth-order valence-corrected chi connectivity index (χ4v) is 4.03. The van der Waals surface area contributed by atoms with Gasteiger partial charge in [0.25, 0.3) is 0 Å². The summed E-state index contributed by atoms with van der Waals surface area (Å²) in [5.41, 5.74) is 4.51. The van der Waals surface area contributed by atoms with Crippen molar-refractivity contribution in [2.45, 2.75) is 33.9 Å². The molecular weight excluding hydrogens is 426 g/mol. The molecule has 7 nitrogen and oxygen atoms in total. The lowest BCUT2D eigenvalue weighted by Gasteiger charge is -2.15. The molecule has 0 fully saturated rings. The third-order valence-electron chi connectivity index (χ3n) is 5.77. The molecule has 3 heterocycles. The van der Waals surface area contributed by atoms with Gasteiger partial charge in [0, 0.05) is 22.6 Å². The average molecular weight is 448 g/mol. The topological polar surface area (TPSA) is 77.9 Å². The Balaban J connectivity index is 1.65. The van der Waals surface area contributed by atoms with Gasteiger partial charge in [0.2, 0.25) is 5.95 Å². The Morgan fingerprint density at radius 1 is 1.12 bits per heavy atom. The predicted molar refractivity (Wildman–Crippen MR) is 127 cm³/mol. The first kappa shape index (κ1) is 20.3. The third kappa shape index (κ3) is 3.44. The van der Waals surface area contributed by atoms with Crippen LogP contribution in [0.1, 0.15) is 23.8 Å². The van der Waals surface area contributed by atoms with Crippen molar-refractivity contribution in [3.05, 3.63) is 81.1 Å². The van der Waals surface area contributed by atoms with Crippen molar-refractivity contribution in [1.82, 2.24) is 19.1 Å². The summed E-state index contributed by atoms with van der Waals surface area (Å²) in [6.45, 7) is 7.07. The molecular formula is C24H22ClN5O2. The van der Waals surface area contributed by atoms with Crippen LogP contribution in [0.5, 0.6) is 0 Å². The van der Waals surface area contributed by atoms with Crippen molar-refractivity contribution in [2.75, 3.05) is 5.32 Å². The zero-order chi connectivity index (χ0) is 22.4. The molecule has 0 aliphatic rings. The Morgan fingerprint density at radius 3 is 2.66 bits per heavy atom. The third-order valence-corrected chi connectivity index (χ3v) is 6.02. The van der Waals surface area contributed by atoms with Crippen LogP contribution in [-0.4, -0.2) is 19.1 Å². The Labute approximate surface area is 189 Å². The van der Waals surface area contributed by atoms with Crippen molar-refractivity contribution in [2.24, 2.45) is 0 Å². The number of imidazole rings is 1. The highest BCUT2D eigenvalue weighted by Crippen LogP contribution is 2.29. The second-order valence-electron chi connectivity index (χ2n) is 7.78. The first-order chi connectivity index (χ1) is 15.4. The summed E-state index contributed by atoms with van der Waals surface area (Å²) in [6, 6.07) is 13.4. The normalized spacial score (nSPS) is 11.5. The van der Waals surface area contributed by atoms with E-state index in [-0.39, 0.29) is 5.56 Å². The van der Waals surface area contributed by atoms with Crippen molar-refractivity contribution in [3.8, 4) is 0 Å². The van der Waals surface area contributed by atoms with E-state index in [9.17, 15) is 4.79 Å². The van der Waals surface area contributed by atoms with Gasteiger partial charge in [-0.1, -0.05) is 23.7 Å². The van der Waals surface area contributed by atoms with Gasteiger partial charge in [-0.05, 0) is 62.2 Å². The number of halogens is 1. The van der Waals surface area contributed by atoms with E-state index in [1.807, 2.05) is 72.4 Å². The highest BCUT2D eigenvalue weighted by atomic mass is 35.5. The van der Waals surface area contributed by atoms with Gasteiger partial charge in [-0.15, -0.1) is 0 Å². The number of nitrogens with zero attached hydrogens (tertiary/aromatic N) is 4. The van der Waals surface area contributed by atoms with Crippen LogP contribution in [0.25, 0.3) is 22.1 Å². The van der Waals surface area contributed by atoms with Gasteiger partial charge >= 0.3 is 5.56 Å². The molecule has 0 bridgehead atoms. The van der Waals surface area contributed by atoms with Crippen LogP contribution in [0, 0.1) is 13.8 Å². The summed E-state index contributed by atoms with van der Waals surface area (Å²) >= 11 is 6.06. The minimum atomic E-state index is -0.314. The predicted octanol–water partition coefficient (Wildman–Crippen LogP) is 5.42. The van der Waals surface area contributed by atoms with Gasteiger partial charge in [0.1, 0.15) is 11.3 Å². The Morgan fingerprint density at radius 2 is 1.91 bits per heavy atom. The number of fused-ring (bicyclic) bond motifs is 2. The first-order valence-electron chi connectivity index (χ1n) is 10.4. The van der Waals surface area contributed by atoms with Gasteiger partial charge < -0.3 is 14.3 Å². The maximum Gasteiger partial charge on any atom is 0.300 e. The molecule has 0 radical (unpaired) electrons. The van der Waals surface area contributed by atoms with E-state index >= 15 is 0 Å². The quantitative estimate of drug-likeness (QED) is 0.389. The number of aromatic nitrogens is 4. The molecule has 5 rings (SSSR count). The van der Waals surface area contributed by atoms with E-state index in [1.54, 1.807) is 6.33 Å². The number of hydrogen-bond acceptors (Lipinski definition) is 5. The molecule has 0 aliphatic heterocycles. The van der Waals surface area contributed by atoms with Gasteiger partial charge in [-0.2, -0.15) is 4.98 Å². The monoisotopic (exact) mass is 447 g/mol. The van der Waals surface area contributed by atoms with E-state index < -0.39 is 0 Å². The molecule has 1 N–H and O–H groups in total. The smallest absolute Gasteiger partial charge is 0.300 e. The molecule has 5 aromatic rings. The molecule has 8 heteroatoms. The largest absolute Gasteiger partial charge is 0.461 e. The van der Waals surface area contributed by atoms with Crippen molar-refractivity contribution >= 4 is 45.4 Å². The van der Waals surface area contributed by atoms with E-state index in [4.69, 9.17) is 16.0 Å². The number of anilines is 2. The van der Waals surface area contributed by atoms with E-state index in [0.29, 0.717) is 35.2 Å². The van der Waals surface area contributed by atoms with Crippen molar-refractivity contribution in [3.63, 3.8) is 0 Å².